The van der Waals surface area contributed by atoms with Crippen LogP contribution in [0.3, 0.4) is 0 Å². The summed E-state index contributed by atoms with van der Waals surface area (Å²) in [5, 5.41) is 3.32. The van der Waals surface area contributed by atoms with Crippen molar-refractivity contribution in [3.05, 3.63) is 28.9 Å². The van der Waals surface area contributed by atoms with E-state index in [0.717, 1.165) is 10.7 Å². The van der Waals surface area contributed by atoms with Gasteiger partial charge in [0.05, 0.1) is 6.42 Å². The molecular weight excluding hydrogens is 195 g/mol. The van der Waals surface area contributed by atoms with Crippen LogP contribution in [-0.4, -0.2) is 16.3 Å². The first-order valence-corrected chi connectivity index (χ1v) is 3.88. The minimum Gasteiger partial charge on any atom is -0.317 e. The van der Waals surface area contributed by atoms with E-state index in [4.69, 9.17) is 6.57 Å². The Morgan fingerprint density at radius 3 is 2.64 bits per heavy atom. The molecule has 0 fully saturated rings. The maximum absolute atomic E-state index is 12.2. The van der Waals surface area contributed by atoms with Gasteiger partial charge in [-0.3, -0.25) is 4.68 Å². The number of aryl methyl sites for hydroxylation is 1. The van der Waals surface area contributed by atoms with Crippen LogP contribution in [0, 0.1) is 6.57 Å². The first kappa shape index (κ1) is 10.6. The summed E-state index contributed by atoms with van der Waals surface area (Å²) in [6.45, 7) is 6.70. The Morgan fingerprint density at radius 2 is 2.21 bits per heavy atom. The molecule has 0 N–H and O–H groups in total. The predicted octanol–water partition coefficient (Wildman–Crippen LogP) is 1.90. The van der Waals surface area contributed by atoms with Gasteiger partial charge in [0.25, 0.3) is 0 Å². The molecule has 0 radical (unpaired) electrons. The highest BCUT2D eigenvalue weighted by Crippen LogP contribution is 2.28. The molecule has 0 aromatic carbocycles. The van der Waals surface area contributed by atoms with E-state index in [1.54, 1.807) is 0 Å². The maximum Gasteiger partial charge on any atom is 0.435 e. The smallest absolute Gasteiger partial charge is 0.317 e. The number of alkyl halides is 3. The molecule has 0 unspecified atom stereocenters. The number of halogens is 3. The lowest BCUT2D eigenvalue weighted by molar-refractivity contribution is -0.141. The van der Waals surface area contributed by atoms with Crippen molar-refractivity contribution in [2.75, 3.05) is 6.54 Å². The minimum absolute atomic E-state index is 0.177. The third-order valence-electron chi connectivity index (χ3n) is 1.75. The molecule has 0 saturated heterocycles. The van der Waals surface area contributed by atoms with Crippen LogP contribution in [0.2, 0.25) is 0 Å². The second kappa shape index (κ2) is 3.70. The molecule has 14 heavy (non-hydrogen) atoms. The van der Waals surface area contributed by atoms with Gasteiger partial charge in [-0.25, -0.2) is 6.57 Å². The number of rotatable bonds is 2. The fourth-order valence-corrected chi connectivity index (χ4v) is 1.05. The van der Waals surface area contributed by atoms with Gasteiger partial charge in [-0.2, -0.15) is 18.3 Å². The highest BCUT2D eigenvalue weighted by molar-refractivity contribution is 5.13. The molecule has 3 nitrogen and oxygen atoms in total. The molecule has 0 aliphatic heterocycles. The Balaban J connectivity index is 2.89. The molecule has 0 spiro atoms. The van der Waals surface area contributed by atoms with Crippen molar-refractivity contribution < 1.29 is 13.2 Å². The van der Waals surface area contributed by atoms with Gasteiger partial charge in [0.15, 0.2) is 5.69 Å². The molecule has 0 bridgehead atoms. The van der Waals surface area contributed by atoms with Gasteiger partial charge in [-0.15, -0.1) is 0 Å². The molecule has 1 rings (SSSR count). The monoisotopic (exact) mass is 203 g/mol. The van der Waals surface area contributed by atoms with Crippen LogP contribution in [0.5, 0.6) is 0 Å². The van der Waals surface area contributed by atoms with E-state index >= 15 is 0 Å². The van der Waals surface area contributed by atoms with Crippen molar-refractivity contribution in [3.8, 4) is 0 Å². The predicted molar refractivity (Wildman–Crippen MR) is 43.4 cm³/mol. The molecular formula is C8H8F3N3. The molecule has 0 aliphatic carbocycles. The first-order valence-electron chi connectivity index (χ1n) is 3.88. The molecule has 0 amide bonds. The lowest BCUT2D eigenvalue weighted by Crippen LogP contribution is -2.06. The third-order valence-corrected chi connectivity index (χ3v) is 1.75. The topological polar surface area (TPSA) is 22.2 Å². The summed E-state index contributed by atoms with van der Waals surface area (Å²) in [6, 6.07) is 0.977. The number of nitrogens with zero attached hydrogens (tertiary/aromatic N) is 3. The van der Waals surface area contributed by atoms with Crippen molar-refractivity contribution in [3.63, 3.8) is 0 Å². The van der Waals surface area contributed by atoms with Crippen LogP contribution < -0.4 is 0 Å². The lowest BCUT2D eigenvalue weighted by Gasteiger charge is -1.99. The first-order chi connectivity index (χ1) is 6.45. The van der Waals surface area contributed by atoms with E-state index in [2.05, 4.69) is 9.94 Å². The van der Waals surface area contributed by atoms with Crippen molar-refractivity contribution in [2.24, 2.45) is 7.05 Å². The Labute approximate surface area is 79.0 Å². The lowest BCUT2D eigenvalue weighted by atomic mass is 10.3. The summed E-state index contributed by atoms with van der Waals surface area (Å²) in [4.78, 5) is 3.07. The standard InChI is InChI=1S/C8H8F3N3/c1-12-4-3-6-5-7(8(9,10)11)13-14(6)2/h5H,3-4H2,2H3. The maximum atomic E-state index is 12.2. The highest BCUT2D eigenvalue weighted by Gasteiger charge is 2.34. The van der Waals surface area contributed by atoms with Gasteiger partial charge in [0.2, 0.25) is 6.54 Å². The molecule has 1 aromatic rings. The summed E-state index contributed by atoms with van der Waals surface area (Å²) in [5.74, 6) is 0. The summed E-state index contributed by atoms with van der Waals surface area (Å²) >= 11 is 0. The van der Waals surface area contributed by atoms with E-state index in [-0.39, 0.29) is 6.54 Å². The van der Waals surface area contributed by atoms with Crippen LogP contribution in [0.1, 0.15) is 11.4 Å². The van der Waals surface area contributed by atoms with E-state index in [1.165, 1.54) is 7.05 Å². The van der Waals surface area contributed by atoms with Crippen LogP contribution in [0.25, 0.3) is 4.85 Å². The van der Waals surface area contributed by atoms with Gasteiger partial charge in [-0.05, 0) is 6.07 Å². The average Bonchev–Trinajstić information content (AvgIpc) is 2.43. The van der Waals surface area contributed by atoms with Crippen molar-refractivity contribution in [1.82, 2.24) is 9.78 Å². The zero-order chi connectivity index (χ0) is 10.8. The molecule has 0 aliphatic rings. The molecule has 6 heteroatoms. The molecule has 1 aromatic heterocycles. The fraction of sp³-hybridized carbons (Fsp3) is 0.500. The Hall–Kier alpha value is -1.51. The second-order valence-electron chi connectivity index (χ2n) is 2.77. The van der Waals surface area contributed by atoms with Crippen LogP contribution in [-0.2, 0) is 19.6 Å². The minimum atomic E-state index is -4.41. The van der Waals surface area contributed by atoms with E-state index < -0.39 is 11.9 Å². The van der Waals surface area contributed by atoms with E-state index in [0.29, 0.717) is 12.1 Å². The van der Waals surface area contributed by atoms with Gasteiger partial charge in [-0.1, -0.05) is 0 Å². The second-order valence-corrected chi connectivity index (χ2v) is 2.77. The van der Waals surface area contributed by atoms with E-state index in [9.17, 15) is 13.2 Å². The van der Waals surface area contributed by atoms with Gasteiger partial charge < -0.3 is 4.85 Å². The quantitative estimate of drug-likeness (QED) is 0.673. The number of hydrogen-bond acceptors (Lipinski definition) is 1. The highest BCUT2D eigenvalue weighted by atomic mass is 19.4. The summed E-state index contributed by atoms with van der Waals surface area (Å²) in [5.41, 5.74) is -0.478. The van der Waals surface area contributed by atoms with Gasteiger partial charge in [0.1, 0.15) is 0 Å². The SMILES string of the molecule is [C-]#[N+]CCc1cc(C(F)(F)F)nn1C. The zero-order valence-corrected chi connectivity index (χ0v) is 7.47. The Bertz CT molecular complexity index is 359. The number of aromatic nitrogens is 2. The van der Waals surface area contributed by atoms with Gasteiger partial charge >= 0.3 is 6.18 Å². The summed E-state index contributed by atoms with van der Waals surface area (Å²) in [6.07, 6.45) is -4.11. The molecule has 76 valence electrons. The molecule has 0 saturated carbocycles. The number of hydrogen-bond donors (Lipinski definition) is 0. The van der Waals surface area contributed by atoms with Gasteiger partial charge in [0, 0.05) is 12.7 Å². The van der Waals surface area contributed by atoms with Crippen molar-refractivity contribution in [2.45, 2.75) is 12.6 Å². The van der Waals surface area contributed by atoms with Crippen LogP contribution in [0.4, 0.5) is 13.2 Å². The van der Waals surface area contributed by atoms with Crippen LogP contribution >= 0.6 is 0 Å². The average molecular weight is 203 g/mol. The normalized spacial score (nSPS) is 11.4. The largest absolute Gasteiger partial charge is 0.435 e. The van der Waals surface area contributed by atoms with Crippen molar-refractivity contribution in [1.29, 1.82) is 0 Å². The zero-order valence-electron chi connectivity index (χ0n) is 7.47. The Morgan fingerprint density at radius 1 is 1.57 bits per heavy atom. The van der Waals surface area contributed by atoms with E-state index in [1.807, 2.05) is 0 Å². The fourth-order valence-electron chi connectivity index (χ4n) is 1.05. The Kier molecular flexibility index (Phi) is 2.79. The molecule has 0 atom stereocenters. The van der Waals surface area contributed by atoms with Crippen LogP contribution in [0.15, 0.2) is 6.07 Å². The summed E-state index contributed by atoms with van der Waals surface area (Å²) in [7, 11) is 1.44. The van der Waals surface area contributed by atoms with Crippen molar-refractivity contribution >= 4 is 0 Å². The summed E-state index contributed by atoms with van der Waals surface area (Å²) < 4.78 is 37.7. The molecule has 1 heterocycles. The third kappa shape index (κ3) is 2.25.